The molecule has 0 amide bonds. The summed E-state index contributed by atoms with van der Waals surface area (Å²) < 4.78 is 5.03. The largest absolute Gasteiger partial charge is 0.462 e. The second-order valence-corrected chi connectivity index (χ2v) is 6.92. The van der Waals surface area contributed by atoms with Crippen LogP contribution in [0.15, 0.2) is 24.3 Å². The summed E-state index contributed by atoms with van der Waals surface area (Å²) in [7, 11) is 0. The molecule has 3 N–H and O–H groups in total. The van der Waals surface area contributed by atoms with E-state index < -0.39 is 0 Å². The van der Waals surface area contributed by atoms with Gasteiger partial charge < -0.3 is 20.7 Å². The molecule has 1 aromatic rings. The molecule has 1 saturated heterocycles. The van der Waals surface area contributed by atoms with Crippen molar-refractivity contribution in [2.45, 2.75) is 57.2 Å². The highest BCUT2D eigenvalue weighted by Crippen LogP contribution is 2.23. The van der Waals surface area contributed by atoms with Gasteiger partial charge in [0.15, 0.2) is 0 Å². The number of nitrogens with zero attached hydrogens (tertiary/aromatic N) is 1. The van der Waals surface area contributed by atoms with Crippen LogP contribution >= 0.6 is 0 Å². The quantitative estimate of drug-likeness (QED) is 0.811. The van der Waals surface area contributed by atoms with Gasteiger partial charge in [-0.25, -0.2) is 4.79 Å². The number of anilines is 1. The fraction of sp³-hybridized carbons (Fsp3) is 0.632. The molecule has 0 spiro atoms. The first-order valence-corrected chi connectivity index (χ1v) is 9.21. The molecular weight excluding hydrogens is 302 g/mol. The smallest absolute Gasteiger partial charge is 0.338 e. The van der Waals surface area contributed by atoms with Crippen molar-refractivity contribution < 1.29 is 9.53 Å². The van der Waals surface area contributed by atoms with Gasteiger partial charge in [-0.05, 0) is 50.5 Å². The van der Waals surface area contributed by atoms with Crippen LogP contribution in [-0.2, 0) is 4.74 Å². The summed E-state index contributed by atoms with van der Waals surface area (Å²) >= 11 is 0. The van der Waals surface area contributed by atoms with E-state index in [-0.39, 0.29) is 5.97 Å². The van der Waals surface area contributed by atoms with Gasteiger partial charge in [-0.2, -0.15) is 0 Å². The predicted octanol–water partition coefficient (Wildman–Crippen LogP) is 2.30. The average molecular weight is 331 g/mol. The SMILES string of the molecule is CCOC(=O)c1ccc(N2CCC(NC3CCCCC3N)C2)cc1. The first kappa shape index (κ1) is 17.2. The molecule has 0 radical (unpaired) electrons. The summed E-state index contributed by atoms with van der Waals surface area (Å²) in [5.41, 5.74) is 8.03. The summed E-state index contributed by atoms with van der Waals surface area (Å²) in [6.07, 6.45) is 6.04. The van der Waals surface area contributed by atoms with Crippen molar-refractivity contribution in [2.24, 2.45) is 5.73 Å². The van der Waals surface area contributed by atoms with Crippen LogP contribution in [0, 0.1) is 0 Å². The van der Waals surface area contributed by atoms with Gasteiger partial charge in [-0.1, -0.05) is 12.8 Å². The zero-order valence-electron chi connectivity index (χ0n) is 14.5. The topological polar surface area (TPSA) is 67.6 Å². The van der Waals surface area contributed by atoms with E-state index in [4.69, 9.17) is 10.5 Å². The van der Waals surface area contributed by atoms with Crippen molar-refractivity contribution in [2.75, 3.05) is 24.6 Å². The number of hydrogen-bond donors (Lipinski definition) is 2. The van der Waals surface area contributed by atoms with Crippen molar-refractivity contribution >= 4 is 11.7 Å². The van der Waals surface area contributed by atoms with E-state index in [1.807, 2.05) is 31.2 Å². The van der Waals surface area contributed by atoms with E-state index in [9.17, 15) is 4.79 Å². The van der Waals surface area contributed by atoms with Gasteiger partial charge in [0.1, 0.15) is 0 Å². The molecule has 132 valence electrons. The third-order valence-electron chi connectivity index (χ3n) is 5.20. The monoisotopic (exact) mass is 331 g/mol. The van der Waals surface area contributed by atoms with Crippen molar-refractivity contribution in [1.29, 1.82) is 0 Å². The molecule has 24 heavy (non-hydrogen) atoms. The molecule has 5 nitrogen and oxygen atoms in total. The highest BCUT2D eigenvalue weighted by atomic mass is 16.5. The van der Waals surface area contributed by atoms with Crippen LogP contribution in [0.1, 0.15) is 49.4 Å². The minimum Gasteiger partial charge on any atom is -0.462 e. The lowest BCUT2D eigenvalue weighted by Gasteiger charge is -2.32. The van der Waals surface area contributed by atoms with E-state index >= 15 is 0 Å². The normalized spacial score (nSPS) is 27.2. The lowest BCUT2D eigenvalue weighted by molar-refractivity contribution is 0.0526. The van der Waals surface area contributed by atoms with Crippen LogP contribution in [-0.4, -0.2) is 43.8 Å². The maximum atomic E-state index is 11.7. The molecule has 1 aromatic carbocycles. The molecule has 1 saturated carbocycles. The van der Waals surface area contributed by atoms with Crippen LogP contribution in [0.4, 0.5) is 5.69 Å². The number of nitrogens with two attached hydrogens (primary N) is 1. The molecule has 2 aliphatic rings. The second kappa shape index (κ2) is 7.99. The summed E-state index contributed by atoms with van der Waals surface area (Å²) in [6.45, 7) is 4.27. The summed E-state index contributed by atoms with van der Waals surface area (Å²) in [5, 5.41) is 3.77. The highest BCUT2D eigenvalue weighted by molar-refractivity contribution is 5.89. The van der Waals surface area contributed by atoms with E-state index in [0.717, 1.165) is 25.9 Å². The Hall–Kier alpha value is -1.59. The van der Waals surface area contributed by atoms with Crippen LogP contribution in [0.2, 0.25) is 0 Å². The van der Waals surface area contributed by atoms with Gasteiger partial charge in [0.2, 0.25) is 0 Å². The maximum Gasteiger partial charge on any atom is 0.338 e. The first-order chi connectivity index (χ1) is 11.7. The molecule has 3 rings (SSSR count). The van der Waals surface area contributed by atoms with E-state index in [1.165, 1.54) is 24.9 Å². The number of nitrogens with one attached hydrogen (secondary N) is 1. The average Bonchev–Trinajstić information content (AvgIpc) is 3.06. The molecule has 2 fully saturated rings. The number of benzene rings is 1. The molecular formula is C19H29N3O2. The molecule has 0 aromatic heterocycles. The maximum absolute atomic E-state index is 11.7. The van der Waals surface area contributed by atoms with Crippen molar-refractivity contribution in [1.82, 2.24) is 5.32 Å². The number of rotatable bonds is 5. The number of esters is 1. The Morgan fingerprint density at radius 2 is 2.00 bits per heavy atom. The Bertz CT molecular complexity index is 546. The number of carbonyl (C=O) groups excluding carboxylic acids is 1. The summed E-state index contributed by atoms with van der Waals surface area (Å²) in [4.78, 5) is 14.1. The minimum absolute atomic E-state index is 0.253. The standard InChI is InChI=1S/C19H29N3O2/c1-2-24-19(23)14-7-9-16(10-8-14)22-12-11-15(13-22)21-18-6-4-3-5-17(18)20/h7-10,15,17-18,21H,2-6,11-13,20H2,1H3. The lowest BCUT2D eigenvalue weighted by Crippen LogP contribution is -2.51. The number of carbonyl (C=O) groups is 1. The van der Waals surface area contributed by atoms with Gasteiger partial charge in [-0.3, -0.25) is 0 Å². The van der Waals surface area contributed by atoms with Crippen LogP contribution in [0.5, 0.6) is 0 Å². The molecule has 5 heteroatoms. The van der Waals surface area contributed by atoms with Gasteiger partial charge in [-0.15, -0.1) is 0 Å². The molecule has 1 aliphatic carbocycles. The molecule has 1 heterocycles. The highest BCUT2D eigenvalue weighted by Gasteiger charge is 2.28. The number of ether oxygens (including phenoxy) is 1. The first-order valence-electron chi connectivity index (χ1n) is 9.21. The van der Waals surface area contributed by atoms with Gasteiger partial charge in [0, 0.05) is 36.9 Å². The van der Waals surface area contributed by atoms with Crippen molar-refractivity contribution in [3.05, 3.63) is 29.8 Å². The third kappa shape index (κ3) is 4.08. The van der Waals surface area contributed by atoms with Gasteiger partial charge >= 0.3 is 5.97 Å². The predicted molar refractivity (Wildman–Crippen MR) is 96.4 cm³/mol. The van der Waals surface area contributed by atoms with E-state index in [2.05, 4.69) is 10.2 Å². The van der Waals surface area contributed by atoms with Crippen molar-refractivity contribution in [3.8, 4) is 0 Å². The van der Waals surface area contributed by atoms with E-state index in [1.54, 1.807) is 0 Å². The Morgan fingerprint density at radius 3 is 2.71 bits per heavy atom. The Kier molecular flexibility index (Phi) is 5.74. The molecule has 3 atom stereocenters. The fourth-order valence-electron chi connectivity index (χ4n) is 3.82. The summed E-state index contributed by atoms with van der Waals surface area (Å²) in [6, 6.07) is 9.01. The molecule has 3 unspecified atom stereocenters. The Labute approximate surface area is 144 Å². The second-order valence-electron chi connectivity index (χ2n) is 6.92. The fourth-order valence-corrected chi connectivity index (χ4v) is 3.82. The lowest BCUT2D eigenvalue weighted by atomic mass is 9.90. The zero-order chi connectivity index (χ0) is 16.9. The Morgan fingerprint density at radius 1 is 1.25 bits per heavy atom. The number of hydrogen-bond acceptors (Lipinski definition) is 5. The third-order valence-corrected chi connectivity index (χ3v) is 5.20. The summed E-state index contributed by atoms with van der Waals surface area (Å²) in [5.74, 6) is -0.253. The molecule has 0 bridgehead atoms. The van der Waals surface area contributed by atoms with Crippen LogP contribution in [0.25, 0.3) is 0 Å². The zero-order valence-corrected chi connectivity index (χ0v) is 14.5. The van der Waals surface area contributed by atoms with Crippen LogP contribution < -0.4 is 16.0 Å². The van der Waals surface area contributed by atoms with Crippen molar-refractivity contribution in [3.63, 3.8) is 0 Å². The molecule has 1 aliphatic heterocycles. The van der Waals surface area contributed by atoms with Gasteiger partial charge in [0.25, 0.3) is 0 Å². The van der Waals surface area contributed by atoms with E-state index in [0.29, 0.717) is 30.3 Å². The Balaban J connectivity index is 1.54. The van der Waals surface area contributed by atoms with Crippen LogP contribution in [0.3, 0.4) is 0 Å². The van der Waals surface area contributed by atoms with Gasteiger partial charge in [0.05, 0.1) is 12.2 Å². The minimum atomic E-state index is -0.253.